The molecule has 0 aliphatic carbocycles. The summed E-state index contributed by atoms with van der Waals surface area (Å²) in [6.45, 7) is 8.54. The third-order valence-electron chi connectivity index (χ3n) is 3.14. The summed E-state index contributed by atoms with van der Waals surface area (Å²) in [7, 11) is 0. The highest BCUT2D eigenvalue weighted by Gasteiger charge is 2.19. The molecule has 0 unspecified atom stereocenters. The molecule has 2 aromatic rings. The number of allylic oxidation sites excluding steroid dienone is 1. The first kappa shape index (κ1) is 14.8. The molecule has 21 heavy (non-hydrogen) atoms. The number of benzene rings is 1. The molecule has 0 saturated carbocycles. The van der Waals surface area contributed by atoms with Crippen LogP contribution in [0.5, 0.6) is 5.75 Å². The van der Waals surface area contributed by atoms with Crippen molar-refractivity contribution in [2.24, 2.45) is 0 Å². The van der Waals surface area contributed by atoms with Gasteiger partial charge in [0, 0.05) is 5.56 Å². The lowest BCUT2D eigenvalue weighted by atomic mass is 10.0. The lowest BCUT2D eigenvalue weighted by Gasteiger charge is -2.09. The van der Waals surface area contributed by atoms with Gasteiger partial charge < -0.3 is 10.5 Å². The highest BCUT2D eigenvalue weighted by Crippen LogP contribution is 2.34. The Morgan fingerprint density at radius 3 is 2.86 bits per heavy atom. The van der Waals surface area contributed by atoms with Crippen LogP contribution in [0.3, 0.4) is 0 Å². The van der Waals surface area contributed by atoms with Gasteiger partial charge in [0.15, 0.2) is 6.29 Å². The van der Waals surface area contributed by atoms with Crippen molar-refractivity contribution < 1.29 is 9.53 Å². The Balaban J connectivity index is 2.65. The molecule has 2 N–H and O–H groups in total. The summed E-state index contributed by atoms with van der Waals surface area (Å²) < 4.78 is 7.19. The number of nitrogens with zero attached hydrogens (tertiary/aromatic N) is 2. The summed E-state index contributed by atoms with van der Waals surface area (Å²) in [5, 5.41) is 4.43. The number of ether oxygens (including phenoxy) is 1. The van der Waals surface area contributed by atoms with Gasteiger partial charge in [0.05, 0.1) is 18.7 Å². The van der Waals surface area contributed by atoms with Crippen molar-refractivity contribution in [1.82, 2.24) is 9.78 Å². The molecule has 1 heterocycles. The van der Waals surface area contributed by atoms with Crippen LogP contribution in [0.2, 0.25) is 0 Å². The largest absolute Gasteiger partial charge is 0.493 e. The number of aryl methyl sites for hydroxylation is 1. The molecule has 0 radical (unpaired) electrons. The Kier molecular flexibility index (Phi) is 4.42. The Morgan fingerprint density at radius 1 is 1.48 bits per heavy atom. The quantitative estimate of drug-likeness (QED) is 0.654. The summed E-state index contributed by atoms with van der Waals surface area (Å²) in [4.78, 5) is 11.4. The van der Waals surface area contributed by atoms with Gasteiger partial charge in [-0.3, -0.25) is 4.79 Å². The molecule has 5 heteroatoms. The van der Waals surface area contributed by atoms with Crippen LogP contribution in [0, 0.1) is 6.92 Å². The second kappa shape index (κ2) is 6.26. The van der Waals surface area contributed by atoms with E-state index in [2.05, 4.69) is 11.7 Å². The summed E-state index contributed by atoms with van der Waals surface area (Å²) in [6, 6.07) is 5.78. The maximum absolute atomic E-state index is 11.4. The van der Waals surface area contributed by atoms with Gasteiger partial charge >= 0.3 is 0 Å². The number of anilines is 1. The number of nitrogens with two attached hydrogens (primary N) is 1. The highest BCUT2D eigenvalue weighted by molar-refractivity contribution is 5.92. The molecule has 0 atom stereocenters. The lowest BCUT2D eigenvalue weighted by molar-refractivity contribution is 0.112. The van der Waals surface area contributed by atoms with Crippen LogP contribution >= 0.6 is 0 Å². The van der Waals surface area contributed by atoms with Crippen LogP contribution in [-0.2, 0) is 6.54 Å². The van der Waals surface area contributed by atoms with E-state index in [-0.39, 0.29) is 0 Å². The molecule has 0 aliphatic rings. The van der Waals surface area contributed by atoms with E-state index in [0.717, 1.165) is 17.4 Å². The van der Waals surface area contributed by atoms with Crippen LogP contribution < -0.4 is 10.5 Å². The van der Waals surface area contributed by atoms with Gasteiger partial charge in [-0.15, -0.1) is 6.58 Å². The molecule has 110 valence electrons. The maximum atomic E-state index is 11.4. The van der Waals surface area contributed by atoms with Gasteiger partial charge in [0.1, 0.15) is 17.3 Å². The smallest absolute Gasteiger partial charge is 0.156 e. The first-order valence-electron chi connectivity index (χ1n) is 6.78. The average Bonchev–Trinajstić information content (AvgIpc) is 2.78. The second-order valence-electron chi connectivity index (χ2n) is 4.67. The minimum absolute atomic E-state index is 0.337. The molecular formula is C16H19N3O2. The first-order valence-corrected chi connectivity index (χ1v) is 6.78. The molecule has 0 saturated heterocycles. The molecular weight excluding hydrogens is 266 g/mol. The van der Waals surface area contributed by atoms with Crippen molar-refractivity contribution in [2.45, 2.75) is 20.4 Å². The Hall–Kier alpha value is -2.56. The standard InChI is InChI=1S/C16H19N3O2/c1-4-8-19-16(17)13(10-20)15(18-19)12-9-11(3)6-7-14(12)21-5-2/h4,6-7,9-10H,1,5,8,17H2,2-3H3. The minimum Gasteiger partial charge on any atom is -0.493 e. The first-order chi connectivity index (χ1) is 10.1. The van der Waals surface area contributed by atoms with E-state index in [1.54, 1.807) is 10.8 Å². The molecule has 0 spiro atoms. The Labute approximate surface area is 124 Å². The SMILES string of the molecule is C=CCn1nc(-c2cc(C)ccc2OCC)c(C=O)c1N. The van der Waals surface area contributed by atoms with E-state index in [1.807, 2.05) is 32.0 Å². The van der Waals surface area contributed by atoms with Crippen molar-refractivity contribution in [3.8, 4) is 17.0 Å². The summed E-state index contributed by atoms with van der Waals surface area (Å²) in [5.74, 6) is 1.03. The molecule has 0 amide bonds. The topological polar surface area (TPSA) is 70.1 Å². The minimum atomic E-state index is 0.337. The number of carbonyl (C=O) groups excluding carboxylic acids is 1. The van der Waals surface area contributed by atoms with Crippen molar-refractivity contribution in [3.05, 3.63) is 42.0 Å². The molecule has 1 aromatic heterocycles. The average molecular weight is 285 g/mol. The second-order valence-corrected chi connectivity index (χ2v) is 4.67. The number of aldehydes is 1. The summed E-state index contributed by atoms with van der Waals surface area (Å²) >= 11 is 0. The third kappa shape index (κ3) is 2.81. The zero-order chi connectivity index (χ0) is 15.4. The zero-order valence-corrected chi connectivity index (χ0v) is 12.3. The summed E-state index contributed by atoms with van der Waals surface area (Å²) in [5.41, 5.74) is 8.73. The van der Waals surface area contributed by atoms with Crippen molar-refractivity contribution in [3.63, 3.8) is 0 Å². The molecule has 1 aromatic carbocycles. The Bertz CT molecular complexity index is 674. The number of rotatable bonds is 6. The van der Waals surface area contributed by atoms with Gasteiger partial charge in [0.25, 0.3) is 0 Å². The van der Waals surface area contributed by atoms with Crippen LogP contribution in [0.4, 0.5) is 5.82 Å². The fraction of sp³-hybridized carbons (Fsp3) is 0.250. The molecule has 0 bridgehead atoms. The van der Waals surface area contributed by atoms with Gasteiger partial charge in [0.2, 0.25) is 0 Å². The fourth-order valence-corrected chi connectivity index (χ4v) is 2.18. The summed E-state index contributed by atoms with van der Waals surface area (Å²) in [6.07, 6.45) is 2.41. The number of nitrogen functional groups attached to an aromatic ring is 1. The van der Waals surface area contributed by atoms with Crippen molar-refractivity contribution >= 4 is 12.1 Å². The van der Waals surface area contributed by atoms with Crippen molar-refractivity contribution in [2.75, 3.05) is 12.3 Å². The molecule has 0 fully saturated rings. The third-order valence-corrected chi connectivity index (χ3v) is 3.14. The van der Waals surface area contributed by atoms with E-state index in [0.29, 0.717) is 36.0 Å². The molecule has 2 rings (SSSR count). The fourth-order valence-electron chi connectivity index (χ4n) is 2.18. The van der Waals surface area contributed by atoms with Crippen LogP contribution in [-0.4, -0.2) is 22.7 Å². The van der Waals surface area contributed by atoms with Gasteiger partial charge in [-0.2, -0.15) is 5.10 Å². The maximum Gasteiger partial charge on any atom is 0.156 e. The number of carbonyl (C=O) groups is 1. The predicted octanol–water partition coefficient (Wildman–Crippen LogP) is 2.84. The van der Waals surface area contributed by atoms with E-state index < -0.39 is 0 Å². The predicted molar refractivity (Wildman–Crippen MR) is 83.6 cm³/mol. The van der Waals surface area contributed by atoms with E-state index in [1.165, 1.54) is 0 Å². The van der Waals surface area contributed by atoms with Gasteiger partial charge in [-0.1, -0.05) is 17.7 Å². The normalized spacial score (nSPS) is 10.4. The number of hydrogen-bond acceptors (Lipinski definition) is 4. The van der Waals surface area contributed by atoms with Gasteiger partial charge in [-0.05, 0) is 26.0 Å². The molecule has 5 nitrogen and oxygen atoms in total. The van der Waals surface area contributed by atoms with Crippen LogP contribution in [0.1, 0.15) is 22.8 Å². The lowest BCUT2D eigenvalue weighted by Crippen LogP contribution is -2.03. The Morgan fingerprint density at radius 2 is 2.24 bits per heavy atom. The van der Waals surface area contributed by atoms with E-state index in [4.69, 9.17) is 10.5 Å². The van der Waals surface area contributed by atoms with Crippen molar-refractivity contribution in [1.29, 1.82) is 0 Å². The van der Waals surface area contributed by atoms with E-state index in [9.17, 15) is 4.79 Å². The molecule has 0 aliphatic heterocycles. The monoisotopic (exact) mass is 285 g/mol. The number of aromatic nitrogens is 2. The van der Waals surface area contributed by atoms with Gasteiger partial charge in [-0.25, -0.2) is 4.68 Å². The van der Waals surface area contributed by atoms with Crippen LogP contribution in [0.15, 0.2) is 30.9 Å². The van der Waals surface area contributed by atoms with Crippen LogP contribution in [0.25, 0.3) is 11.3 Å². The zero-order valence-electron chi connectivity index (χ0n) is 12.3. The highest BCUT2D eigenvalue weighted by atomic mass is 16.5. The van der Waals surface area contributed by atoms with E-state index >= 15 is 0 Å². The number of hydrogen-bond donors (Lipinski definition) is 1.